The Hall–Kier alpha value is -0.900. The molecular weight excluding hydrogens is 425 g/mol. The Morgan fingerprint density at radius 1 is 1.14 bits per heavy atom. The van der Waals surface area contributed by atoms with Gasteiger partial charge >= 0.3 is 0 Å². The predicted octanol–water partition coefficient (Wildman–Crippen LogP) is 2.18. The second-order valence-electron chi connectivity index (χ2n) is 7.29. The first-order valence-corrected chi connectivity index (χ1v) is 11.4. The summed E-state index contributed by atoms with van der Waals surface area (Å²) in [5.41, 5.74) is 0.164. The number of nitrogens with zero attached hydrogens (tertiary/aromatic N) is 3. The summed E-state index contributed by atoms with van der Waals surface area (Å²) in [6, 6.07) is 2.93. The van der Waals surface area contributed by atoms with Crippen LogP contribution in [0.15, 0.2) is 17.0 Å². The Balaban J connectivity index is 1.92. The number of carbonyl (C=O) groups is 1. The van der Waals surface area contributed by atoms with E-state index in [4.69, 9.17) is 27.9 Å². The Bertz CT molecular complexity index is 841. The Kier molecular flexibility index (Phi) is 6.89. The molecule has 2 aliphatic rings. The Morgan fingerprint density at radius 3 is 2.46 bits per heavy atom. The Labute approximate surface area is 176 Å². The van der Waals surface area contributed by atoms with Crippen LogP contribution in [0.25, 0.3) is 0 Å². The monoisotopic (exact) mass is 449 g/mol. The van der Waals surface area contributed by atoms with E-state index in [1.165, 1.54) is 16.4 Å². The van der Waals surface area contributed by atoms with Gasteiger partial charge in [-0.25, -0.2) is 8.42 Å². The number of amides is 1. The van der Waals surface area contributed by atoms with Gasteiger partial charge in [0.15, 0.2) is 0 Å². The fourth-order valence-electron chi connectivity index (χ4n) is 3.55. The van der Waals surface area contributed by atoms with Crippen LogP contribution < -0.4 is 0 Å². The van der Waals surface area contributed by atoms with Gasteiger partial charge in [0.05, 0.1) is 28.8 Å². The van der Waals surface area contributed by atoms with Gasteiger partial charge in [-0.1, -0.05) is 23.2 Å². The minimum atomic E-state index is -3.84. The van der Waals surface area contributed by atoms with Gasteiger partial charge in [0, 0.05) is 32.2 Å². The summed E-state index contributed by atoms with van der Waals surface area (Å²) in [5, 5.41) is 0.167. The fraction of sp³-hybridized carbons (Fsp3) is 0.611. The average molecular weight is 450 g/mol. The van der Waals surface area contributed by atoms with Gasteiger partial charge in [0.2, 0.25) is 10.0 Å². The standard InChI is InChI=1S/C18H25Cl2N3O4S/c1-21(2)13-4-3-5-22(12-13)18(24)14-10-17(16(20)11-15(14)19)28(25,26)23-6-8-27-9-7-23/h10-11,13H,3-9,12H2,1-2H3. The number of ether oxygens (including phenoxy) is 1. The molecular formula is C18H25Cl2N3O4S. The lowest BCUT2D eigenvalue weighted by Gasteiger charge is -2.36. The number of benzene rings is 1. The van der Waals surface area contributed by atoms with Crippen molar-refractivity contribution in [3.63, 3.8) is 0 Å². The maximum atomic E-state index is 13.1. The SMILES string of the molecule is CN(C)C1CCCN(C(=O)c2cc(S(=O)(=O)N3CCOCC3)c(Cl)cc2Cl)C1. The molecule has 0 saturated carbocycles. The number of likely N-dealkylation sites (N-methyl/N-ethyl adjacent to an activating group) is 1. The highest BCUT2D eigenvalue weighted by Gasteiger charge is 2.32. The smallest absolute Gasteiger partial charge is 0.255 e. The van der Waals surface area contributed by atoms with Crippen molar-refractivity contribution in [1.82, 2.24) is 14.1 Å². The minimum Gasteiger partial charge on any atom is -0.379 e. The first kappa shape index (κ1) is 21.8. The molecule has 1 amide bonds. The number of halogens is 2. The maximum Gasteiger partial charge on any atom is 0.255 e. The molecule has 1 aromatic carbocycles. The summed E-state index contributed by atoms with van der Waals surface area (Å²) in [4.78, 5) is 16.8. The van der Waals surface area contributed by atoms with Gasteiger partial charge < -0.3 is 14.5 Å². The zero-order chi connectivity index (χ0) is 20.5. The third-order valence-corrected chi connectivity index (χ3v) is 7.93. The van der Waals surface area contributed by atoms with E-state index in [0.29, 0.717) is 26.3 Å². The maximum absolute atomic E-state index is 13.1. The molecule has 0 bridgehead atoms. The van der Waals surface area contributed by atoms with Gasteiger partial charge in [-0.15, -0.1) is 0 Å². The summed E-state index contributed by atoms with van der Waals surface area (Å²) in [7, 11) is 0.137. The van der Waals surface area contributed by atoms with Crippen LogP contribution in [-0.2, 0) is 14.8 Å². The summed E-state index contributed by atoms with van der Waals surface area (Å²) in [6.07, 6.45) is 1.90. The largest absolute Gasteiger partial charge is 0.379 e. The molecule has 3 rings (SSSR count). The van der Waals surface area contributed by atoms with Gasteiger partial charge in [-0.2, -0.15) is 4.31 Å². The van der Waals surface area contributed by atoms with E-state index in [1.54, 1.807) is 4.90 Å². The first-order chi connectivity index (χ1) is 13.2. The molecule has 2 fully saturated rings. The van der Waals surface area contributed by atoms with Crippen molar-refractivity contribution in [3.05, 3.63) is 27.7 Å². The number of rotatable bonds is 4. The average Bonchev–Trinajstić information content (AvgIpc) is 2.68. The van der Waals surface area contributed by atoms with Crippen molar-refractivity contribution < 1.29 is 17.9 Å². The molecule has 0 radical (unpaired) electrons. The number of sulfonamides is 1. The van der Waals surface area contributed by atoms with Gasteiger partial charge in [-0.05, 0) is 39.1 Å². The summed E-state index contributed by atoms with van der Waals surface area (Å²) in [6.45, 7) is 2.36. The lowest BCUT2D eigenvalue weighted by Crippen LogP contribution is -2.47. The third-order valence-electron chi connectivity index (χ3n) is 5.25. The summed E-state index contributed by atoms with van der Waals surface area (Å²) in [5.74, 6) is -0.272. The lowest BCUT2D eigenvalue weighted by atomic mass is 10.0. The first-order valence-electron chi connectivity index (χ1n) is 9.24. The second-order valence-corrected chi connectivity index (χ2v) is 10.0. The zero-order valence-electron chi connectivity index (χ0n) is 16.0. The van der Waals surface area contributed by atoms with Crippen LogP contribution >= 0.6 is 23.2 Å². The van der Waals surface area contributed by atoms with Crippen LogP contribution in [0.2, 0.25) is 10.0 Å². The number of morpholine rings is 1. The second kappa shape index (κ2) is 8.85. The van der Waals surface area contributed by atoms with Crippen molar-refractivity contribution in [2.75, 3.05) is 53.5 Å². The number of hydrogen-bond donors (Lipinski definition) is 0. The molecule has 28 heavy (non-hydrogen) atoms. The van der Waals surface area contributed by atoms with Crippen LogP contribution in [0.1, 0.15) is 23.2 Å². The third kappa shape index (κ3) is 4.47. The van der Waals surface area contributed by atoms with Crippen molar-refractivity contribution in [3.8, 4) is 0 Å². The molecule has 1 atom stereocenters. The Morgan fingerprint density at radius 2 is 1.82 bits per heavy atom. The molecule has 0 aromatic heterocycles. The summed E-state index contributed by atoms with van der Waals surface area (Å²) < 4.78 is 32.6. The quantitative estimate of drug-likeness (QED) is 0.704. The van der Waals surface area contributed by atoms with E-state index < -0.39 is 10.0 Å². The van der Waals surface area contributed by atoms with Gasteiger partial charge in [-0.3, -0.25) is 4.79 Å². The van der Waals surface area contributed by atoms with Crippen molar-refractivity contribution in [1.29, 1.82) is 0 Å². The van der Waals surface area contributed by atoms with E-state index in [9.17, 15) is 13.2 Å². The molecule has 2 aliphatic heterocycles. The zero-order valence-corrected chi connectivity index (χ0v) is 18.4. The number of likely N-dealkylation sites (tertiary alicyclic amines) is 1. The molecule has 0 spiro atoms. The molecule has 1 unspecified atom stereocenters. The predicted molar refractivity (Wildman–Crippen MR) is 109 cm³/mol. The van der Waals surface area contributed by atoms with Crippen LogP contribution in [0.4, 0.5) is 0 Å². The topological polar surface area (TPSA) is 70.2 Å². The van der Waals surface area contributed by atoms with E-state index in [1.807, 2.05) is 14.1 Å². The van der Waals surface area contributed by atoms with Crippen molar-refractivity contribution >= 4 is 39.1 Å². The lowest BCUT2D eigenvalue weighted by molar-refractivity contribution is 0.0635. The number of hydrogen-bond acceptors (Lipinski definition) is 5. The van der Waals surface area contributed by atoms with Crippen LogP contribution in [0, 0.1) is 0 Å². The molecule has 2 saturated heterocycles. The molecule has 2 heterocycles. The summed E-state index contributed by atoms with van der Waals surface area (Å²) >= 11 is 12.5. The molecule has 0 aliphatic carbocycles. The van der Waals surface area contributed by atoms with Gasteiger partial charge in [0.1, 0.15) is 4.90 Å². The van der Waals surface area contributed by atoms with Crippen molar-refractivity contribution in [2.24, 2.45) is 0 Å². The van der Waals surface area contributed by atoms with Crippen LogP contribution in [0.3, 0.4) is 0 Å². The molecule has 7 nitrogen and oxygen atoms in total. The van der Waals surface area contributed by atoms with E-state index in [2.05, 4.69) is 4.90 Å². The fourth-order valence-corrected chi connectivity index (χ4v) is 5.78. The minimum absolute atomic E-state index is 0.0119. The normalized spacial score (nSPS) is 21.9. The highest BCUT2D eigenvalue weighted by molar-refractivity contribution is 7.89. The molecule has 1 aromatic rings. The number of carbonyl (C=O) groups excluding carboxylic acids is 1. The highest BCUT2D eigenvalue weighted by Crippen LogP contribution is 2.32. The molecule has 156 valence electrons. The molecule has 0 N–H and O–H groups in total. The van der Waals surface area contributed by atoms with E-state index >= 15 is 0 Å². The van der Waals surface area contributed by atoms with Crippen LogP contribution in [0.5, 0.6) is 0 Å². The van der Waals surface area contributed by atoms with E-state index in [-0.39, 0.29) is 45.5 Å². The van der Waals surface area contributed by atoms with E-state index in [0.717, 1.165) is 12.8 Å². The highest BCUT2D eigenvalue weighted by atomic mass is 35.5. The van der Waals surface area contributed by atoms with Crippen LogP contribution in [-0.4, -0.2) is 88.0 Å². The van der Waals surface area contributed by atoms with Gasteiger partial charge in [0.25, 0.3) is 5.91 Å². The number of piperidine rings is 1. The van der Waals surface area contributed by atoms with Crippen molar-refractivity contribution in [2.45, 2.75) is 23.8 Å². The molecule has 10 heteroatoms.